The van der Waals surface area contributed by atoms with Gasteiger partial charge in [-0.15, -0.1) is 11.6 Å². The Bertz CT molecular complexity index is 280. The molecule has 0 unspecified atom stereocenters. The van der Waals surface area contributed by atoms with Crippen molar-refractivity contribution in [3.05, 3.63) is 0 Å². The van der Waals surface area contributed by atoms with Crippen LogP contribution in [0, 0.1) is 11.3 Å². The molecule has 3 heteroatoms. The van der Waals surface area contributed by atoms with E-state index in [1.807, 2.05) is 0 Å². The maximum absolute atomic E-state index is 12.6. The predicted molar refractivity (Wildman–Crippen MR) is 77.9 cm³/mol. The zero-order valence-electron chi connectivity index (χ0n) is 12.3. The third-order valence-corrected chi connectivity index (χ3v) is 4.20. The minimum absolute atomic E-state index is 0.113. The van der Waals surface area contributed by atoms with Crippen molar-refractivity contribution in [3.8, 4) is 0 Å². The van der Waals surface area contributed by atoms with Gasteiger partial charge in [0.2, 0.25) is 5.91 Å². The summed E-state index contributed by atoms with van der Waals surface area (Å²) in [5, 5.41) is 3.22. The van der Waals surface area contributed by atoms with E-state index in [0.717, 1.165) is 25.7 Å². The van der Waals surface area contributed by atoms with Crippen LogP contribution in [0.2, 0.25) is 0 Å². The Morgan fingerprint density at radius 1 is 1.33 bits per heavy atom. The fourth-order valence-corrected chi connectivity index (χ4v) is 3.57. The molecule has 0 aliphatic heterocycles. The molecule has 18 heavy (non-hydrogen) atoms. The highest BCUT2D eigenvalue weighted by Gasteiger charge is 2.42. The molecule has 1 aliphatic rings. The van der Waals surface area contributed by atoms with Gasteiger partial charge in [0.25, 0.3) is 0 Å². The van der Waals surface area contributed by atoms with Crippen LogP contribution in [0.4, 0.5) is 0 Å². The van der Waals surface area contributed by atoms with E-state index in [9.17, 15) is 4.79 Å². The number of halogens is 1. The van der Waals surface area contributed by atoms with Crippen LogP contribution in [0.25, 0.3) is 0 Å². The van der Waals surface area contributed by atoms with Gasteiger partial charge in [0.15, 0.2) is 0 Å². The number of rotatable bonds is 6. The van der Waals surface area contributed by atoms with Crippen molar-refractivity contribution in [2.24, 2.45) is 11.3 Å². The maximum Gasteiger partial charge on any atom is 0.226 e. The van der Waals surface area contributed by atoms with Crippen LogP contribution in [0.5, 0.6) is 0 Å². The van der Waals surface area contributed by atoms with Gasteiger partial charge in [-0.05, 0) is 45.4 Å². The normalized spacial score (nSPS) is 19.2. The lowest BCUT2D eigenvalue weighted by atomic mass is 9.77. The standard InChI is InChI=1S/C15H28ClNO/c1-12(2)11-15(7-5-6-8-15)13(18)17-14(3,4)9-10-16/h12H,5-11H2,1-4H3,(H,17,18). The summed E-state index contributed by atoms with van der Waals surface area (Å²) in [6, 6.07) is 0. The first-order valence-electron chi connectivity index (χ1n) is 7.20. The molecule has 0 aromatic rings. The Hall–Kier alpha value is -0.240. The van der Waals surface area contributed by atoms with Crippen molar-refractivity contribution in [1.29, 1.82) is 0 Å². The predicted octanol–water partition coefficient (Wildman–Crippen LogP) is 4.12. The second-order valence-corrected chi connectivity index (χ2v) is 7.24. The SMILES string of the molecule is CC(C)CC1(C(=O)NC(C)(C)CCCl)CCCC1. The van der Waals surface area contributed by atoms with Crippen LogP contribution in [0.1, 0.15) is 66.2 Å². The Morgan fingerprint density at radius 3 is 2.33 bits per heavy atom. The molecule has 0 aromatic carbocycles. The molecule has 0 radical (unpaired) electrons. The minimum atomic E-state index is -0.189. The molecule has 1 amide bonds. The van der Waals surface area contributed by atoms with E-state index in [4.69, 9.17) is 11.6 Å². The number of hydrogen-bond acceptors (Lipinski definition) is 1. The third-order valence-electron chi connectivity index (χ3n) is 4.01. The van der Waals surface area contributed by atoms with E-state index in [2.05, 4.69) is 33.0 Å². The maximum atomic E-state index is 12.6. The minimum Gasteiger partial charge on any atom is -0.351 e. The van der Waals surface area contributed by atoms with E-state index in [0.29, 0.717) is 11.8 Å². The average Bonchev–Trinajstić information content (AvgIpc) is 2.65. The Labute approximate surface area is 117 Å². The lowest BCUT2D eigenvalue weighted by molar-refractivity contribution is -0.133. The number of carbonyl (C=O) groups excluding carboxylic acids is 1. The van der Waals surface area contributed by atoms with Crippen LogP contribution in [-0.2, 0) is 4.79 Å². The molecule has 0 saturated heterocycles. The summed E-state index contributed by atoms with van der Waals surface area (Å²) >= 11 is 5.80. The lowest BCUT2D eigenvalue weighted by Gasteiger charge is -2.35. The second-order valence-electron chi connectivity index (χ2n) is 6.86. The van der Waals surface area contributed by atoms with Gasteiger partial charge in [0.05, 0.1) is 0 Å². The molecular weight excluding hydrogens is 246 g/mol. The fraction of sp³-hybridized carbons (Fsp3) is 0.933. The van der Waals surface area contributed by atoms with Crippen molar-refractivity contribution < 1.29 is 4.79 Å². The summed E-state index contributed by atoms with van der Waals surface area (Å²) in [6.07, 6.45) is 6.31. The van der Waals surface area contributed by atoms with Crippen molar-refractivity contribution in [1.82, 2.24) is 5.32 Å². The molecule has 0 atom stereocenters. The smallest absolute Gasteiger partial charge is 0.226 e. The number of amides is 1. The molecule has 2 nitrogen and oxygen atoms in total. The summed E-state index contributed by atoms with van der Waals surface area (Å²) in [6.45, 7) is 8.53. The van der Waals surface area contributed by atoms with Crippen LogP contribution in [0.3, 0.4) is 0 Å². The van der Waals surface area contributed by atoms with Crippen molar-refractivity contribution in [2.75, 3.05) is 5.88 Å². The molecule has 1 fully saturated rings. The summed E-state index contributed by atoms with van der Waals surface area (Å²) in [5.74, 6) is 1.42. The van der Waals surface area contributed by atoms with E-state index < -0.39 is 0 Å². The Balaban J connectivity index is 2.72. The van der Waals surface area contributed by atoms with Gasteiger partial charge in [-0.25, -0.2) is 0 Å². The fourth-order valence-electron chi connectivity index (χ4n) is 3.10. The Morgan fingerprint density at radius 2 is 1.89 bits per heavy atom. The first-order chi connectivity index (χ1) is 8.31. The van der Waals surface area contributed by atoms with Crippen molar-refractivity contribution >= 4 is 17.5 Å². The topological polar surface area (TPSA) is 29.1 Å². The number of carbonyl (C=O) groups is 1. The summed E-state index contributed by atoms with van der Waals surface area (Å²) in [4.78, 5) is 12.6. The number of hydrogen-bond donors (Lipinski definition) is 1. The molecular formula is C15H28ClNO. The monoisotopic (exact) mass is 273 g/mol. The Kier molecular flexibility index (Phi) is 5.51. The molecule has 1 aliphatic carbocycles. The summed E-state index contributed by atoms with van der Waals surface area (Å²) in [7, 11) is 0. The molecule has 0 aromatic heterocycles. The first-order valence-corrected chi connectivity index (χ1v) is 7.73. The third kappa shape index (κ3) is 4.15. The molecule has 1 rings (SSSR count). The van der Waals surface area contributed by atoms with Crippen molar-refractivity contribution in [2.45, 2.75) is 71.8 Å². The van der Waals surface area contributed by atoms with Crippen molar-refractivity contribution in [3.63, 3.8) is 0 Å². The first kappa shape index (κ1) is 15.8. The van der Waals surface area contributed by atoms with Gasteiger partial charge >= 0.3 is 0 Å². The number of alkyl halides is 1. The zero-order chi connectivity index (χ0) is 13.8. The zero-order valence-corrected chi connectivity index (χ0v) is 13.1. The highest BCUT2D eigenvalue weighted by molar-refractivity contribution is 6.17. The van der Waals surface area contributed by atoms with Crippen LogP contribution in [-0.4, -0.2) is 17.3 Å². The van der Waals surface area contributed by atoms with E-state index in [1.54, 1.807) is 0 Å². The highest BCUT2D eigenvalue weighted by atomic mass is 35.5. The molecule has 0 bridgehead atoms. The molecule has 1 N–H and O–H groups in total. The summed E-state index contributed by atoms with van der Waals surface area (Å²) in [5.41, 5.74) is -0.302. The number of nitrogens with one attached hydrogen (secondary N) is 1. The summed E-state index contributed by atoms with van der Waals surface area (Å²) < 4.78 is 0. The molecule has 106 valence electrons. The van der Waals surface area contributed by atoms with Gasteiger partial charge in [-0.2, -0.15) is 0 Å². The van der Waals surface area contributed by atoms with E-state index >= 15 is 0 Å². The van der Waals surface area contributed by atoms with Gasteiger partial charge < -0.3 is 5.32 Å². The van der Waals surface area contributed by atoms with E-state index in [1.165, 1.54) is 12.8 Å². The molecule has 0 spiro atoms. The van der Waals surface area contributed by atoms with Gasteiger partial charge in [0.1, 0.15) is 0 Å². The van der Waals surface area contributed by atoms with Gasteiger partial charge in [-0.3, -0.25) is 4.79 Å². The van der Waals surface area contributed by atoms with Gasteiger partial charge in [0, 0.05) is 16.8 Å². The van der Waals surface area contributed by atoms with Gasteiger partial charge in [-0.1, -0.05) is 26.7 Å². The highest BCUT2D eigenvalue weighted by Crippen LogP contribution is 2.43. The van der Waals surface area contributed by atoms with E-state index in [-0.39, 0.29) is 16.9 Å². The van der Waals surface area contributed by atoms with Crippen LogP contribution < -0.4 is 5.32 Å². The largest absolute Gasteiger partial charge is 0.351 e. The average molecular weight is 274 g/mol. The molecule has 1 saturated carbocycles. The molecule has 0 heterocycles. The quantitative estimate of drug-likeness (QED) is 0.725. The van der Waals surface area contributed by atoms with Crippen LogP contribution in [0.15, 0.2) is 0 Å². The lowest BCUT2D eigenvalue weighted by Crippen LogP contribution is -2.50. The van der Waals surface area contributed by atoms with Crippen LogP contribution >= 0.6 is 11.6 Å². The second kappa shape index (κ2) is 6.27.